The molecule has 2 aliphatic heterocycles. The standard InChI is InChI=1S/C33H36FN7O3/c1-21-26(17-24(34)18-28(21)38-32(42)23-7-9-25(10-8-23)40-13-5-4-6-14-40)30-27-19-29(37-31(27)36-20-35-30)22-11-15-41(16-12-22)44-33(43)39(2)3/h7-11,17-20H,4-6,12-16H2,1-3H3,(H,38,42)(H,35,36,37). The van der Waals surface area contributed by atoms with Crippen molar-refractivity contribution in [3.8, 4) is 11.3 Å². The minimum atomic E-state index is -0.480. The Morgan fingerprint density at radius 1 is 1.02 bits per heavy atom. The predicted molar refractivity (Wildman–Crippen MR) is 169 cm³/mol. The minimum absolute atomic E-state index is 0.304. The van der Waals surface area contributed by atoms with Crippen molar-refractivity contribution in [2.45, 2.75) is 32.6 Å². The van der Waals surface area contributed by atoms with Crippen LogP contribution >= 0.6 is 0 Å². The fraction of sp³-hybridized carbons (Fsp3) is 0.333. The topological polar surface area (TPSA) is 107 Å². The Kier molecular flexibility index (Phi) is 8.30. The third-order valence-electron chi connectivity index (χ3n) is 8.24. The van der Waals surface area contributed by atoms with Crippen molar-refractivity contribution in [2.75, 3.05) is 50.5 Å². The van der Waals surface area contributed by atoms with Gasteiger partial charge in [0.2, 0.25) is 0 Å². The number of nitrogens with one attached hydrogen (secondary N) is 2. The summed E-state index contributed by atoms with van der Waals surface area (Å²) in [6.45, 7) is 4.90. The van der Waals surface area contributed by atoms with Gasteiger partial charge in [0.1, 0.15) is 17.8 Å². The normalized spacial score (nSPS) is 15.6. The van der Waals surface area contributed by atoms with Crippen molar-refractivity contribution >= 4 is 40.0 Å². The number of anilines is 2. The molecule has 0 unspecified atom stereocenters. The summed E-state index contributed by atoms with van der Waals surface area (Å²) in [5, 5.41) is 5.27. The fourth-order valence-corrected chi connectivity index (χ4v) is 5.72. The Morgan fingerprint density at radius 2 is 1.80 bits per heavy atom. The molecule has 1 saturated heterocycles. The number of benzene rings is 2. The number of rotatable bonds is 6. The van der Waals surface area contributed by atoms with Gasteiger partial charge in [-0.3, -0.25) is 4.79 Å². The van der Waals surface area contributed by atoms with E-state index in [0.717, 1.165) is 35.4 Å². The van der Waals surface area contributed by atoms with E-state index in [-0.39, 0.29) is 5.91 Å². The smallest absolute Gasteiger partial charge is 0.372 e. The SMILES string of the molecule is Cc1c(NC(=O)c2ccc(N3CCCCC3)cc2)cc(F)cc1-c1ncnc2[nH]c(C3=CCN(OC(=O)N(C)C)CC3)cc12. The van der Waals surface area contributed by atoms with E-state index in [2.05, 4.69) is 25.2 Å². The molecule has 0 aliphatic carbocycles. The van der Waals surface area contributed by atoms with Crippen molar-refractivity contribution in [2.24, 2.45) is 0 Å². The van der Waals surface area contributed by atoms with Crippen LogP contribution in [0.1, 0.15) is 47.3 Å². The van der Waals surface area contributed by atoms with E-state index in [1.54, 1.807) is 19.2 Å². The second-order valence-electron chi connectivity index (χ2n) is 11.5. The molecular formula is C33H36FN7O3. The van der Waals surface area contributed by atoms with Gasteiger partial charge in [0.05, 0.1) is 12.2 Å². The molecule has 2 amide bonds. The van der Waals surface area contributed by atoms with E-state index in [9.17, 15) is 9.59 Å². The zero-order valence-corrected chi connectivity index (χ0v) is 25.2. The van der Waals surface area contributed by atoms with Crippen molar-refractivity contribution in [3.05, 3.63) is 77.5 Å². The van der Waals surface area contributed by atoms with Crippen LogP contribution in [0.25, 0.3) is 27.9 Å². The first-order chi connectivity index (χ1) is 21.3. The quantitative estimate of drug-likeness (QED) is 0.280. The Morgan fingerprint density at radius 3 is 2.50 bits per heavy atom. The zero-order valence-electron chi connectivity index (χ0n) is 25.2. The molecule has 2 aliphatic rings. The highest BCUT2D eigenvalue weighted by atomic mass is 19.1. The van der Waals surface area contributed by atoms with E-state index in [1.165, 1.54) is 42.6 Å². The van der Waals surface area contributed by atoms with Crippen LogP contribution in [-0.2, 0) is 4.84 Å². The Balaban J connectivity index is 1.23. The molecule has 0 radical (unpaired) electrons. The second kappa shape index (κ2) is 12.5. The third-order valence-corrected chi connectivity index (χ3v) is 8.24. The first-order valence-corrected chi connectivity index (χ1v) is 14.9. The van der Waals surface area contributed by atoms with Gasteiger partial charge >= 0.3 is 6.09 Å². The molecular weight excluding hydrogens is 561 g/mol. The summed E-state index contributed by atoms with van der Waals surface area (Å²) in [4.78, 5) is 46.5. The average molecular weight is 598 g/mol. The van der Waals surface area contributed by atoms with Crippen LogP contribution in [0.4, 0.5) is 20.6 Å². The number of amides is 2. The number of piperidine rings is 1. The molecule has 0 saturated carbocycles. The summed E-state index contributed by atoms with van der Waals surface area (Å²) < 4.78 is 15.0. The molecule has 0 spiro atoms. The molecule has 4 aromatic rings. The molecule has 10 nitrogen and oxygen atoms in total. The molecule has 228 valence electrons. The van der Waals surface area contributed by atoms with Gasteiger partial charge in [-0.15, -0.1) is 5.06 Å². The van der Waals surface area contributed by atoms with Crippen molar-refractivity contribution in [1.82, 2.24) is 24.9 Å². The predicted octanol–water partition coefficient (Wildman–Crippen LogP) is 6.02. The van der Waals surface area contributed by atoms with E-state index in [0.29, 0.717) is 53.2 Å². The van der Waals surface area contributed by atoms with E-state index >= 15 is 4.39 Å². The van der Waals surface area contributed by atoms with Crippen LogP contribution < -0.4 is 10.2 Å². The van der Waals surface area contributed by atoms with Crippen molar-refractivity contribution in [1.29, 1.82) is 0 Å². The number of fused-ring (bicyclic) bond motifs is 1. The number of aromatic amines is 1. The highest BCUT2D eigenvalue weighted by molar-refractivity contribution is 6.05. The molecule has 6 rings (SSSR count). The molecule has 11 heteroatoms. The number of hydrogen-bond acceptors (Lipinski definition) is 7. The van der Waals surface area contributed by atoms with Gasteiger partial charge < -0.3 is 24.9 Å². The van der Waals surface area contributed by atoms with Crippen LogP contribution in [0.3, 0.4) is 0 Å². The van der Waals surface area contributed by atoms with Crippen molar-refractivity contribution < 1.29 is 18.8 Å². The maximum absolute atomic E-state index is 15.0. The van der Waals surface area contributed by atoms with Gasteiger partial charge in [-0.25, -0.2) is 19.2 Å². The molecule has 44 heavy (non-hydrogen) atoms. The van der Waals surface area contributed by atoms with Crippen molar-refractivity contribution in [3.63, 3.8) is 0 Å². The number of hydrogen-bond donors (Lipinski definition) is 2. The largest absolute Gasteiger partial charge is 0.428 e. The monoisotopic (exact) mass is 597 g/mol. The van der Waals surface area contributed by atoms with Gasteiger partial charge in [0, 0.05) is 67.3 Å². The van der Waals surface area contributed by atoms with Crippen LogP contribution in [-0.4, -0.2) is 77.2 Å². The first-order valence-electron chi connectivity index (χ1n) is 14.9. The van der Waals surface area contributed by atoms with E-state index < -0.39 is 11.9 Å². The van der Waals surface area contributed by atoms with Gasteiger partial charge in [0.15, 0.2) is 0 Å². The van der Waals surface area contributed by atoms with Gasteiger partial charge in [0.25, 0.3) is 5.91 Å². The summed E-state index contributed by atoms with van der Waals surface area (Å²) in [5.41, 5.74) is 6.38. The van der Waals surface area contributed by atoms with E-state index in [4.69, 9.17) is 4.84 Å². The van der Waals surface area contributed by atoms with Crippen LogP contribution in [0.15, 0.2) is 54.9 Å². The lowest BCUT2D eigenvalue weighted by atomic mass is 10.00. The lowest BCUT2D eigenvalue weighted by molar-refractivity contribution is -0.101. The van der Waals surface area contributed by atoms with Crippen LogP contribution in [0.2, 0.25) is 0 Å². The minimum Gasteiger partial charge on any atom is -0.372 e. The number of carbonyl (C=O) groups excluding carboxylic acids is 2. The number of hydroxylamine groups is 2. The maximum Gasteiger partial charge on any atom is 0.428 e. The first kappa shape index (κ1) is 29.3. The van der Waals surface area contributed by atoms with Gasteiger partial charge in [-0.05, 0) is 86.2 Å². The number of aromatic nitrogens is 3. The molecule has 2 aromatic heterocycles. The van der Waals surface area contributed by atoms with Crippen LogP contribution in [0.5, 0.6) is 0 Å². The molecule has 2 N–H and O–H groups in total. The molecule has 2 aromatic carbocycles. The zero-order chi connectivity index (χ0) is 30.8. The molecule has 0 bridgehead atoms. The number of carbonyl (C=O) groups is 2. The highest BCUT2D eigenvalue weighted by Gasteiger charge is 2.21. The second-order valence-corrected chi connectivity index (χ2v) is 11.5. The molecule has 0 atom stereocenters. The summed E-state index contributed by atoms with van der Waals surface area (Å²) in [7, 11) is 3.28. The lowest BCUT2D eigenvalue weighted by Crippen LogP contribution is -2.35. The van der Waals surface area contributed by atoms with Gasteiger partial charge in [-0.2, -0.15) is 0 Å². The number of nitrogens with zero attached hydrogens (tertiary/aromatic N) is 5. The summed E-state index contributed by atoms with van der Waals surface area (Å²) in [6.07, 6.45) is 7.31. The van der Waals surface area contributed by atoms with Crippen LogP contribution in [0, 0.1) is 12.7 Å². The maximum atomic E-state index is 15.0. The summed E-state index contributed by atoms with van der Waals surface area (Å²) >= 11 is 0. The third kappa shape index (κ3) is 6.14. The summed E-state index contributed by atoms with van der Waals surface area (Å²) in [6, 6.07) is 12.3. The number of halogens is 1. The molecule has 4 heterocycles. The van der Waals surface area contributed by atoms with Gasteiger partial charge in [-0.1, -0.05) is 6.08 Å². The lowest BCUT2D eigenvalue weighted by Gasteiger charge is -2.28. The Labute approximate surface area is 255 Å². The Bertz CT molecular complexity index is 1730. The average Bonchev–Trinajstić information content (AvgIpc) is 3.48. The van der Waals surface area contributed by atoms with E-state index in [1.807, 2.05) is 43.3 Å². The number of H-pyrrole nitrogens is 1. The Hall–Kier alpha value is -4.77. The summed E-state index contributed by atoms with van der Waals surface area (Å²) in [5.74, 6) is -0.785. The molecule has 1 fully saturated rings. The fourth-order valence-electron chi connectivity index (χ4n) is 5.72. The highest BCUT2D eigenvalue weighted by Crippen LogP contribution is 2.35.